The summed E-state index contributed by atoms with van der Waals surface area (Å²) >= 11 is 0. The Morgan fingerprint density at radius 3 is 2.13 bits per heavy atom. The third kappa shape index (κ3) is 4.55. The van der Waals surface area contributed by atoms with E-state index in [0.717, 1.165) is 17.7 Å². The fourth-order valence-electron chi connectivity index (χ4n) is 3.46. The minimum absolute atomic E-state index is 0.126. The third-order valence-electron chi connectivity index (χ3n) is 5.23. The molecule has 1 amide bonds. The van der Waals surface area contributed by atoms with Crippen LogP contribution in [0, 0.1) is 10.1 Å². The van der Waals surface area contributed by atoms with Gasteiger partial charge in [0.25, 0.3) is 11.6 Å². The number of hydrogen-bond acceptors (Lipinski definition) is 4. The molecule has 0 radical (unpaired) electrons. The van der Waals surface area contributed by atoms with Crippen molar-refractivity contribution >= 4 is 17.3 Å². The van der Waals surface area contributed by atoms with Crippen LogP contribution in [0.15, 0.2) is 42.5 Å². The molecule has 0 atom stereocenters. The van der Waals surface area contributed by atoms with Crippen LogP contribution in [0.25, 0.3) is 0 Å². The van der Waals surface area contributed by atoms with Crippen molar-refractivity contribution in [2.45, 2.75) is 25.9 Å². The molecule has 0 saturated carbocycles. The minimum Gasteiger partial charge on any atom is -0.362 e. The Morgan fingerprint density at radius 1 is 1.03 bits per heavy atom. The molecule has 1 aliphatic heterocycles. The zero-order chi connectivity index (χ0) is 22.1. The summed E-state index contributed by atoms with van der Waals surface area (Å²) in [6.07, 6.45) is -4.65. The number of carbonyl (C=O) groups is 1. The molecule has 9 heteroatoms. The zero-order valence-corrected chi connectivity index (χ0v) is 16.6. The molecule has 3 rings (SSSR count). The van der Waals surface area contributed by atoms with Gasteiger partial charge < -0.3 is 9.80 Å². The van der Waals surface area contributed by atoms with E-state index in [4.69, 9.17) is 0 Å². The lowest BCUT2D eigenvalue weighted by Crippen LogP contribution is -2.49. The van der Waals surface area contributed by atoms with Gasteiger partial charge in [-0.25, -0.2) is 0 Å². The molecule has 1 fully saturated rings. The van der Waals surface area contributed by atoms with E-state index in [-0.39, 0.29) is 11.6 Å². The van der Waals surface area contributed by atoms with Gasteiger partial charge in [-0.15, -0.1) is 0 Å². The van der Waals surface area contributed by atoms with Crippen LogP contribution in [0.3, 0.4) is 0 Å². The Labute approximate surface area is 172 Å². The summed E-state index contributed by atoms with van der Waals surface area (Å²) in [5.74, 6) is 0.226. The van der Waals surface area contributed by atoms with Crippen molar-refractivity contribution in [1.82, 2.24) is 4.90 Å². The number of anilines is 1. The number of amides is 1. The number of carbonyl (C=O) groups excluding carboxylic acids is 1. The molecule has 0 unspecified atom stereocenters. The molecule has 0 aliphatic carbocycles. The lowest BCUT2D eigenvalue weighted by atomic mass is 10.0. The fraction of sp³-hybridized carbons (Fsp3) is 0.381. The van der Waals surface area contributed by atoms with Gasteiger partial charge in [-0.2, -0.15) is 13.2 Å². The van der Waals surface area contributed by atoms with Crippen LogP contribution in [-0.2, 0) is 6.18 Å². The minimum atomic E-state index is -4.65. The van der Waals surface area contributed by atoms with Crippen molar-refractivity contribution in [2.75, 3.05) is 31.1 Å². The predicted molar refractivity (Wildman–Crippen MR) is 107 cm³/mol. The number of nitrogens with zero attached hydrogens (tertiary/aromatic N) is 3. The Morgan fingerprint density at radius 2 is 1.63 bits per heavy atom. The molecule has 30 heavy (non-hydrogen) atoms. The average Bonchev–Trinajstić information content (AvgIpc) is 2.72. The van der Waals surface area contributed by atoms with E-state index in [0.29, 0.717) is 43.7 Å². The van der Waals surface area contributed by atoms with Gasteiger partial charge in [-0.05, 0) is 35.7 Å². The Kier molecular flexibility index (Phi) is 6.00. The van der Waals surface area contributed by atoms with E-state index in [2.05, 4.69) is 13.8 Å². The largest absolute Gasteiger partial charge is 0.416 e. The molecular formula is C21H22F3N3O3. The predicted octanol–water partition coefficient (Wildman–Crippen LogP) is 4.70. The highest BCUT2D eigenvalue weighted by atomic mass is 19.4. The van der Waals surface area contributed by atoms with Crippen LogP contribution in [-0.4, -0.2) is 41.9 Å². The van der Waals surface area contributed by atoms with E-state index < -0.39 is 22.4 Å². The normalized spacial score (nSPS) is 14.9. The topological polar surface area (TPSA) is 66.7 Å². The molecule has 0 N–H and O–H groups in total. The van der Waals surface area contributed by atoms with Crippen molar-refractivity contribution in [1.29, 1.82) is 0 Å². The second kappa shape index (κ2) is 8.33. The second-order valence-corrected chi connectivity index (χ2v) is 7.51. The summed E-state index contributed by atoms with van der Waals surface area (Å²) in [6.45, 7) is 5.36. The van der Waals surface area contributed by atoms with E-state index in [1.165, 1.54) is 0 Å². The smallest absolute Gasteiger partial charge is 0.362 e. The molecule has 1 saturated heterocycles. The zero-order valence-electron chi connectivity index (χ0n) is 16.6. The number of nitro groups is 1. The Balaban J connectivity index is 1.72. The van der Waals surface area contributed by atoms with Crippen molar-refractivity contribution in [3.63, 3.8) is 0 Å². The highest BCUT2D eigenvalue weighted by Gasteiger charge is 2.34. The third-order valence-corrected chi connectivity index (χ3v) is 5.23. The van der Waals surface area contributed by atoms with Crippen LogP contribution in [0.2, 0.25) is 0 Å². The summed E-state index contributed by atoms with van der Waals surface area (Å²) < 4.78 is 38.7. The lowest BCUT2D eigenvalue weighted by Gasteiger charge is -2.36. The molecule has 0 spiro atoms. The number of hydrogen-bond donors (Lipinski definition) is 0. The molecule has 2 aromatic rings. The van der Waals surface area contributed by atoms with Crippen LogP contribution >= 0.6 is 0 Å². The maximum absolute atomic E-state index is 12.9. The summed E-state index contributed by atoms with van der Waals surface area (Å²) in [4.78, 5) is 26.5. The number of piperazine rings is 1. The van der Waals surface area contributed by atoms with Gasteiger partial charge in [0.2, 0.25) is 0 Å². The van der Waals surface area contributed by atoms with Gasteiger partial charge in [-0.3, -0.25) is 14.9 Å². The van der Waals surface area contributed by atoms with Gasteiger partial charge in [0, 0.05) is 37.8 Å². The van der Waals surface area contributed by atoms with E-state index in [1.807, 2.05) is 12.1 Å². The number of alkyl halides is 3. The molecule has 160 valence electrons. The first kappa shape index (κ1) is 21.6. The van der Waals surface area contributed by atoms with Crippen LogP contribution < -0.4 is 4.90 Å². The SMILES string of the molecule is CC(C)c1ccc(C(=O)N2CCN(c3ccc(C(F)(F)F)cc3[N+](=O)[O-])CC2)cc1. The van der Waals surface area contributed by atoms with Crippen LogP contribution in [0.4, 0.5) is 24.5 Å². The Hall–Kier alpha value is -3.10. The van der Waals surface area contributed by atoms with E-state index in [9.17, 15) is 28.1 Å². The molecule has 1 heterocycles. The number of benzene rings is 2. The van der Waals surface area contributed by atoms with Crippen molar-refractivity contribution in [3.8, 4) is 0 Å². The van der Waals surface area contributed by atoms with Crippen LogP contribution in [0.1, 0.15) is 41.3 Å². The van der Waals surface area contributed by atoms with Gasteiger partial charge in [0.15, 0.2) is 0 Å². The summed E-state index contributed by atoms with van der Waals surface area (Å²) in [7, 11) is 0. The Bertz CT molecular complexity index is 935. The molecular weight excluding hydrogens is 399 g/mol. The maximum Gasteiger partial charge on any atom is 0.416 e. The maximum atomic E-state index is 12.9. The second-order valence-electron chi connectivity index (χ2n) is 7.51. The molecule has 6 nitrogen and oxygen atoms in total. The first-order chi connectivity index (χ1) is 14.1. The lowest BCUT2D eigenvalue weighted by molar-refractivity contribution is -0.384. The summed E-state index contributed by atoms with van der Waals surface area (Å²) in [5, 5.41) is 11.3. The average molecular weight is 421 g/mol. The quantitative estimate of drug-likeness (QED) is 0.530. The first-order valence-electron chi connectivity index (χ1n) is 9.57. The van der Waals surface area contributed by atoms with Crippen molar-refractivity contribution in [2.24, 2.45) is 0 Å². The monoisotopic (exact) mass is 421 g/mol. The van der Waals surface area contributed by atoms with Crippen molar-refractivity contribution in [3.05, 3.63) is 69.3 Å². The number of nitro benzene ring substituents is 1. The van der Waals surface area contributed by atoms with Crippen molar-refractivity contribution < 1.29 is 22.9 Å². The van der Waals surface area contributed by atoms with Crippen LogP contribution in [0.5, 0.6) is 0 Å². The van der Waals surface area contributed by atoms with E-state index in [1.54, 1.807) is 21.9 Å². The van der Waals surface area contributed by atoms with Gasteiger partial charge in [0.1, 0.15) is 5.69 Å². The van der Waals surface area contributed by atoms with Gasteiger partial charge >= 0.3 is 6.18 Å². The van der Waals surface area contributed by atoms with Gasteiger partial charge in [0.05, 0.1) is 10.5 Å². The molecule has 1 aliphatic rings. The van der Waals surface area contributed by atoms with E-state index >= 15 is 0 Å². The highest BCUT2D eigenvalue weighted by molar-refractivity contribution is 5.94. The number of halogens is 3. The summed E-state index contributed by atoms with van der Waals surface area (Å²) in [6, 6.07) is 9.93. The molecule has 2 aromatic carbocycles. The summed E-state index contributed by atoms with van der Waals surface area (Å²) in [5.41, 5.74) is 0.172. The highest BCUT2D eigenvalue weighted by Crippen LogP contribution is 2.36. The molecule has 0 bridgehead atoms. The molecule has 0 aromatic heterocycles. The first-order valence-corrected chi connectivity index (χ1v) is 9.57. The fourth-order valence-corrected chi connectivity index (χ4v) is 3.46. The number of rotatable bonds is 4. The van der Waals surface area contributed by atoms with Gasteiger partial charge in [-0.1, -0.05) is 26.0 Å². The standard InChI is InChI=1S/C21H22F3N3O3/c1-14(2)15-3-5-16(6-4-15)20(28)26-11-9-25(10-12-26)18-8-7-17(21(22,23)24)13-19(18)27(29)30/h3-8,13-14H,9-12H2,1-2H3.